The Morgan fingerprint density at radius 3 is 2.06 bits per heavy atom. The SMILES string of the molecule is CCCC(C)ON1C(C)(C)CCCC1(C)C. The average molecular weight is 227 g/mol. The molecule has 1 aliphatic heterocycles. The molecule has 2 heteroatoms. The van der Waals surface area contributed by atoms with Gasteiger partial charge in [0.05, 0.1) is 6.10 Å². The van der Waals surface area contributed by atoms with Crippen molar-refractivity contribution in [3.05, 3.63) is 0 Å². The smallest absolute Gasteiger partial charge is 0.0765 e. The summed E-state index contributed by atoms with van der Waals surface area (Å²) in [6.07, 6.45) is 6.44. The first-order valence-corrected chi connectivity index (χ1v) is 6.77. The zero-order chi connectivity index (χ0) is 12.4. The van der Waals surface area contributed by atoms with E-state index in [0.29, 0.717) is 6.10 Å². The third-order valence-electron chi connectivity index (χ3n) is 3.66. The molecule has 0 spiro atoms. The van der Waals surface area contributed by atoms with Crippen LogP contribution in [0, 0.1) is 0 Å². The van der Waals surface area contributed by atoms with Crippen LogP contribution in [0.1, 0.15) is 73.6 Å². The van der Waals surface area contributed by atoms with Gasteiger partial charge in [-0.3, -0.25) is 4.84 Å². The molecule has 1 rings (SSSR count). The van der Waals surface area contributed by atoms with E-state index >= 15 is 0 Å². The fraction of sp³-hybridized carbons (Fsp3) is 1.00. The molecule has 0 radical (unpaired) electrons. The largest absolute Gasteiger partial charge is 0.295 e. The number of hydroxylamine groups is 2. The predicted molar refractivity (Wildman–Crippen MR) is 69.3 cm³/mol. The molecule has 2 nitrogen and oxygen atoms in total. The maximum Gasteiger partial charge on any atom is 0.0765 e. The summed E-state index contributed by atoms with van der Waals surface area (Å²) in [6.45, 7) is 13.6. The van der Waals surface area contributed by atoms with Gasteiger partial charge in [-0.25, -0.2) is 0 Å². The van der Waals surface area contributed by atoms with Crippen molar-refractivity contribution in [2.24, 2.45) is 0 Å². The topological polar surface area (TPSA) is 12.5 Å². The van der Waals surface area contributed by atoms with Gasteiger partial charge < -0.3 is 0 Å². The molecule has 0 amide bonds. The standard InChI is InChI=1S/C14H29NO/c1-7-9-12(2)16-15-13(3,4)10-8-11-14(15,5)6/h12H,7-11H2,1-6H3. The van der Waals surface area contributed by atoms with Crippen LogP contribution >= 0.6 is 0 Å². The van der Waals surface area contributed by atoms with E-state index < -0.39 is 0 Å². The third kappa shape index (κ3) is 3.21. The van der Waals surface area contributed by atoms with E-state index in [1.54, 1.807) is 0 Å². The molecule has 0 aromatic rings. The summed E-state index contributed by atoms with van der Waals surface area (Å²) in [5, 5.41) is 2.27. The lowest BCUT2D eigenvalue weighted by molar-refractivity contribution is -0.302. The van der Waals surface area contributed by atoms with Crippen LogP contribution in [0.25, 0.3) is 0 Å². The van der Waals surface area contributed by atoms with E-state index in [1.807, 2.05) is 0 Å². The molecule has 0 N–H and O–H groups in total. The second-order valence-corrected chi connectivity index (χ2v) is 6.48. The molecule has 0 aliphatic carbocycles. The van der Waals surface area contributed by atoms with Crippen LogP contribution in [0.3, 0.4) is 0 Å². The van der Waals surface area contributed by atoms with Crippen molar-refractivity contribution < 1.29 is 4.84 Å². The van der Waals surface area contributed by atoms with Crippen molar-refractivity contribution in [1.82, 2.24) is 5.06 Å². The van der Waals surface area contributed by atoms with E-state index in [1.165, 1.54) is 25.7 Å². The molecule has 1 saturated heterocycles. The summed E-state index contributed by atoms with van der Waals surface area (Å²) in [6, 6.07) is 0. The fourth-order valence-electron chi connectivity index (χ4n) is 2.90. The van der Waals surface area contributed by atoms with Crippen LogP contribution in [0.2, 0.25) is 0 Å². The Kier molecular flexibility index (Phi) is 4.42. The summed E-state index contributed by atoms with van der Waals surface area (Å²) in [7, 11) is 0. The molecule has 0 aromatic carbocycles. The molecule has 0 aromatic heterocycles. The molecule has 1 fully saturated rings. The van der Waals surface area contributed by atoms with E-state index in [4.69, 9.17) is 4.84 Å². The van der Waals surface area contributed by atoms with E-state index in [0.717, 1.165) is 6.42 Å². The van der Waals surface area contributed by atoms with Crippen molar-refractivity contribution in [2.45, 2.75) is 90.8 Å². The zero-order valence-electron chi connectivity index (χ0n) is 12.0. The molecule has 1 aliphatic rings. The quantitative estimate of drug-likeness (QED) is 0.715. The Hall–Kier alpha value is -0.0800. The first-order chi connectivity index (χ1) is 7.29. The normalized spacial score (nSPS) is 26.6. The molecule has 1 heterocycles. The summed E-state index contributed by atoms with van der Waals surface area (Å²) in [4.78, 5) is 6.20. The first kappa shape index (κ1) is 14.0. The van der Waals surface area contributed by atoms with E-state index in [2.05, 4.69) is 46.6 Å². The van der Waals surface area contributed by atoms with Gasteiger partial charge in [0, 0.05) is 11.1 Å². The average Bonchev–Trinajstić information content (AvgIpc) is 2.11. The Morgan fingerprint density at radius 1 is 1.12 bits per heavy atom. The van der Waals surface area contributed by atoms with Gasteiger partial charge in [0.1, 0.15) is 0 Å². The lowest BCUT2D eigenvalue weighted by Gasteiger charge is -2.52. The van der Waals surface area contributed by atoms with Crippen molar-refractivity contribution in [2.75, 3.05) is 0 Å². The third-order valence-corrected chi connectivity index (χ3v) is 3.66. The highest BCUT2D eigenvalue weighted by molar-refractivity contribution is 4.92. The van der Waals surface area contributed by atoms with Crippen LogP contribution < -0.4 is 0 Å². The summed E-state index contributed by atoms with van der Waals surface area (Å²) < 4.78 is 0. The summed E-state index contributed by atoms with van der Waals surface area (Å²) in [5.74, 6) is 0. The zero-order valence-corrected chi connectivity index (χ0v) is 12.0. The Morgan fingerprint density at radius 2 is 1.62 bits per heavy atom. The highest BCUT2D eigenvalue weighted by Gasteiger charge is 2.43. The van der Waals surface area contributed by atoms with Gasteiger partial charge in [-0.2, -0.15) is 5.06 Å². The van der Waals surface area contributed by atoms with Crippen molar-refractivity contribution in [3.63, 3.8) is 0 Å². The van der Waals surface area contributed by atoms with Crippen LogP contribution in [0.4, 0.5) is 0 Å². The maximum absolute atomic E-state index is 6.20. The highest BCUT2D eigenvalue weighted by Crippen LogP contribution is 2.38. The number of piperidine rings is 1. The predicted octanol–water partition coefficient (Wildman–Crippen LogP) is 4.15. The number of hydrogen-bond donors (Lipinski definition) is 0. The summed E-state index contributed by atoms with van der Waals surface area (Å²) >= 11 is 0. The lowest BCUT2D eigenvalue weighted by Crippen LogP contribution is -2.59. The molecular weight excluding hydrogens is 198 g/mol. The van der Waals surface area contributed by atoms with Gasteiger partial charge in [0.25, 0.3) is 0 Å². The van der Waals surface area contributed by atoms with Crippen LogP contribution in [0.5, 0.6) is 0 Å². The minimum atomic E-state index is 0.170. The Bertz CT molecular complexity index is 207. The van der Waals surface area contributed by atoms with Crippen LogP contribution in [-0.2, 0) is 4.84 Å². The van der Waals surface area contributed by atoms with Gasteiger partial charge >= 0.3 is 0 Å². The van der Waals surface area contributed by atoms with Crippen LogP contribution in [0.15, 0.2) is 0 Å². The molecule has 0 bridgehead atoms. The van der Waals surface area contributed by atoms with Crippen molar-refractivity contribution in [1.29, 1.82) is 0 Å². The monoisotopic (exact) mass is 227 g/mol. The van der Waals surface area contributed by atoms with Gasteiger partial charge in [0.15, 0.2) is 0 Å². The van der Waals surface area contributed by atoms with Crippen molar-refractivity contribution >= 4 is 0 Å². The second kappa shape index (κ2) is 5.05. The molecule has 16 heavy (non-hydrogen) atoms. The summed E-state index contributed by atoms with van der Waals surface area (Å²) in [5.41, 5.74) is 0.341. The van der Waals surface area contributed by atoms with E-state index in [9.17, 15) is 0 Å². The molecule has 1 unspecified atom stereocenters. The number of rotatable bonds is 4. The van der Waals surface area contributed by atoms with E-state index in [-0.39, 0.29) is 11.1 Å². The highest BCUT2D eigenvalue weighted by atomic mass is 16.7. The Balaban J connectivity index is 2.71. The molecule has 1 atom stereocenters. The van der Waals surface area contributed by atoms with Gasteiger partial charge in [-0.1, -0.05) is 13.3 Å². The number of hydrogen-bond acceptors (Lipinski definition) is 2. The van der Waals surface area contributed by atoms with Gasteiger partial charge in [-0.05, 0) is 60.3 Å². The molecular formula is C14H29NO. The first-order valence-electron chi connectivity index (χ1n) is 6.77. The van der Waals surface area contributed by atoms with Gasteiger partial charge in [-0.15, -0.1) is 0 Å². The molecule has 0 saturated carbocycles. The molecule has 96 valence electrons. The minimum Gasteiger partial charge on any atom is -0.295 e. The second-order valence-electron chi connectivity index (χ2n) is 6.48. The van der Waals surface area contributed by atoms with Gasteiger partial charge in [0.2, 0.25) is 0 Å². The maximum atomic E-state index is 6.20. The fourth-order valence-corrected chi connectivity index (χ4v) is 2.90. The van der Waals surface area contributed by atoms with Crippen molar-refractivity contribution in [3.8, 4) is 0 Å². The number of nitrogens with zero attached hydrogens (tertiary/aromatic N) is 1. The minimum absolute atomic E-state index is 0.170. The van der Waals surface area contributed by atoms with Crippen LogP contribution in [-0.4, -0.2) is 22.2 Å². The Labute approximate surface area is 101 Å². The lowest BCUT2D eigenvalue weighted by atomic mass is 9.82.